The summed E-state index contributed by atoms with van der Waals surface area (Å²) in [7, 11) is 0. The first kappa shape index (κ1) is 26.2. The Bertz CT molecular complexity index is 1720. The molecule has 0 unspecified atom stereocenters. The highest BCUT2D eigenvalue weighted by atomic mass is 35.5. The zero-order valence-electron chi connectivity index (χ0n) is 21.7. The highest BCUT2D eigenvalue weighted by Gasteiger charge is 2.38. The lowest BCUT2D eigenvalue weighted by atomic mass is 10.1. The fourth-order valence-electron chi connectivity index (χ4n) is 4.45. The van der Waals surface area contributed by atoms with Crippen LogP contribution in [-0.4, -0.2) is 28.7 Å². The van der Waals surface area contributed by atoms with Crippen LogP contribution in [0.2, 0.25) is 5.02 Å². The van der Waals surface area contributed by atoms with E-state index in [1.54, 1.807) is 19.1 Å². The Balaban J connectivity index is 1.37. The molecule has 0 aliphatic carbocycles. The molecule has 0 bridgehead atoms. The lowest BCUT2D eigenvalue weighted by molar-refractivity contribution is 0.0593. The maximum Gasteiger partial charge on any atom is 0.343 e. The number of aryl methyl sites for hydroxylation is 2. The van der Waals surface area contributed by atoms with Gasteiger partial charge in [-0.2, -0.15) is 0 Å². The van der Waals surface area contributed by atoms with E-state index in [1.165, 1.54) is 47.6 Å². The van der Waals surface area contributed by atoms with Crippen LogP contribution in [0.15, 0.2) is 64.0 Å². The minimum atomic E-state index is -0.727. The number of carbonyl (C=O) groups is 3. The van der Waals surface area contributed by atoms with Gasteiger partial charge in [-0.3, -0.25) is 19.3 Å². The van der Waals surface area contributed by atoms with E-state index in [4.69, 9.17) is 25.5 Å². The maximum atomic E-state index is 13.0. The molecule has 1 aliphatic heterocycles. The Kier molecular flexibility index (Phi) is 6.74. The summed E-state index contributed by atoms with van der Waals surface area (Å²) in [5.41, 5.74) is 1.96. The number of benzene rings is 3. The third-order valence-electron chi connectivity index (χ3n) is 6.75. The van der Waals surface area contributed by atoms with Gasteiger partial charge in [0.25, 0.3) is 11.8 Å². The molecule has 4 aromatic rings. The van der Waals surface area contributed by atoms with Crippen molar-refractivity contribution in [3.8, 4) is 17.2 Å². The van der Waals surface area contributed by atoms with E-state index in [9.17, 15) is 19.2 Å². The van der Waals surface area contributed by atoms with E-state index < -0.39 is 17.3 Å². The summed E-state index contributed by atoms with van der Waals surface area (Å²) >= 11 is 6.21. The van der Waals surface area contributed by atoms with Crippen molar-refractivity contribution in [1.82, 2.24) is 4.90 Å². The van der Waals surface area contributed by atoms with Gasteiger partial charge in [-0.1, -0.05) is 18.5 Å². The number of halogens is 1. The fourth-order valence-corrected chi connectivity index (χ4v) is 4.56. The maximum absolute atomic E-state index is 13.0. The number of amides is 2. The van der Waals surface area contributed by atoms with Crippen molar-refractivity contribution in [2.24, 2.45) is 0 Å². The van der Waals surface area contributed by atoms with Crippen LogP contribution in [0.3, 0.4) is 0 Å². The second-order valence-electron chi connectivity index (χ2n) is 9.45. The molecule has 1 atom stereocenters. The first-order valence-electron chi connectivity index (χ1n) is 12.3. The van der Waals surface area contributed by atoms with Gasteiger partial charge in [0.15, 0.2) is 0 Å². The predicted molar refractivity (Wildman–Crippen MR) is 145 cm³/mol. The summed E-state index contributed by atoms with van der Waals surface area (Å²) in [6.45, 7) is 7.37. The smallest absolute Gasteiger partial charge is 0.343 e. The highest BCUT2D eigenvalue weighted by molar-refractivity contribution is 6.32. The molecule has 0 radical (unpaired) electrons. The summed E-state index contributed by atoms with van der Waals surface area (Å²) in [6, 6.07) is 11.8. The van der Waals surface area contributed by atoms with Crippen LogP contribution in [-0.2, 0) is 0 Å². The standard InChI is InChI=1S/C30H24ClNO7/c1-5-17(4)32-28(34)21-8-6-18(12-23(21)29(32)35)30(36)39-19-7-9-22-24(13-19)37-14-25(27(22)33)38-20-10-15(2)26(31)16(3)11-20/h6-14,17H,5H2,1-4H3/t17-/m1/s1. The van der Waals surface area contributed by atoms with Gasteiger partial charge < -0.3 is 13.9 Å². The van der Waals surface area contributed by atoms with Gasteiger partial charge in [-0.15, -0.1) is 0 Å². The number of hydrogen-bond donors (Lipinski definition) is 0. The van der Waals surface area contributed by atoms with E-state index in [0.717, 1.165) is 11.1 Å². The lowest BCUT2D eigenvalue weighted by Crippen LogP contribution is -2.37. The van der Waals surface area contributed by atoms with E-state index in [-0.39, 0.29) is 51.1 Å². The second kappa shape index (κ2) is 10.0. The van der Waals surface area contributed by atoms with E-state index >= 15 is 0 Å². The van der Waals surface area contributed by atoms with Crippen LogP contribution in [0.1, 0.15) is 62.5 Å². The zero-order chi connectivity index (χ0) is 28.0. The van der Waals surface area contributed by atoms with Gasteiger partial charge in [-0.05, 0) is 80.8 Å². The largest absolute Gasteiger partial charge is 0.460 e. The van der Waals surface area contributed by atoms with Gasteiger partial charge >= 0.3 is 5.97 Å². The van der Waals surface area contributed by atoms with Crippen LogP contribution in [0.25, 0.3) is 11.0 Å². The molecule has 9 heteroatoms. The third kappa shape index (κ3) is 4.68. The van der Waals surface area contributed by atoms with Crippen molar-refractivity contribution >= 4 is 40.4 Å². The molecule has 0 N–H and O–H groups in total. The summed E-state index contributed by atoms with van der Waals surface area (Å²) < 4.78 is 16.8. The van der Waals surface area contributed by atoms with Crippen molar-refractivity contribution in [3.63, 3.8) is 0 Å². The zero-order valence-corrected chi connectivity index (χ0v) is 22.4. The number of imide groups is 1. The summed E-state index contributed by atoms with van der Waals surface area (Å²) in [5, 5.41) is 0.865. The number of nitrogens with zero attached hydrogens (tertiary/aromatic N) is 1. The molecule has 1 aromatic heterocycles. The minimum Gasteiger partial charge on any atom is -0.460 e. The second-order valence-corrected chi connectivity index (χ2v) is 9.83. The predicted octanol–water partition coefficient (Wildman–Crippen LogP) is 6.47. The van der Waals surface area contributed by atoms with E-state index in [0.29, 0.717) is 17.2 Å². The Morgan fingerprint density at radius 2 is 1.64 bits per heavy atom. The molecule has 3 aromatic carbocycles. The molecule has 0 saturated heterocycles. The van der Waals surface area contributed by atoms with Crippen LogP contribution >= 0.6 is 11.6 Å². The van der Waals surface area contributed by atoms with Gasteiger partial charge in [0.05, 0.1) is 22.1 Å². The number of hydrogen-bond acceptors (Lipinski definition) is 7. The first-order chi connectivity index (χ1) is 18.6. The first-order valence-corrected chi connectivity index (χ1v) is 12.7. The van der Waals surface area contributed by atoms with Crippen LogP contribution < -0.4 is 14.9 Å². The number of carbonyl (C=O) groups excluding carboxylic acids is 3. The van der Waals surface area contributed by atoms with Crippen molar-refractivity contribution < 1.29 is 28.3 Å². The Morgan fingerprint density at radius 1 is 0.949 bits per heavy atom. The third-order valence-corrected chi connectivity index (χ3v) is 7.34. The highest BCUT2D eigenvalue weighted by Crippen LogP contribution is 2.30. The number of esters is 1. The fraction of sp³-hybridized carbons (Fsp3) is 0.200. The molecule has 0 saturated carbocycles. The average molecular weight is 546 g/mol. The number of fused-ring (bicyclic) bond motifs is 2. The Hall–Kier alpha value is -4.43. The molecule has 8 nitrogen and oxygen atoms in total. The molecule has 5 rings (SSSR count). The molecule has 2 heterocycles. The summed E-state index contributed by atoms with van der Waals surface area (Å²) in [5.74, 6) is -0.954. The van der Waals surface area contributed by atoms with Gasteiger partial charge in [0, 0.05) is 17.1 Å². The Labute approximate surface area is 228 Å². The Morgan fingerprint density at radius 3 is 2.33 bits per heavy atom. The van der Waals surface area contributed by atoms with Gasteiger partial charge in [-0.25, -0.2) is 4.79 Å². The van der Waals surface area contributed by atoms with Gasteiger partial charge in [0.2, 0.25) is 11.2 Å². The van der Waals surface area contributed by atoms with Gasteiger partial charge in [0.1, 0.15) is 23.3 Å². The monoisotopic (exact) mass is 545 g/mol. The van der Waals surface area contributed by atoms with Crippen molar-refractivity contribution in [1.29, 1.82) is 0 Å². The van der Waals surface area contributed by atoms with E-state index in [2.05, 4.69) is 0 Å². The lowest BCUT2D eigenvalue weighted by Gasteiger charge is -2.20. The average Bonchev–Trinajstić information content (AvgIpc) is 3.17. The quantitative estimate of drug-likeness (QED) is 0.155. The van der Waals surface area contributed by atoms with Crippen molar-refractivity contribution in [3.05, 3.63) is 97.9 Å². The van der Waals surface area contributed by atoms with Crippen LogP contribution in [0.5, 0.6) is 17.2 Å². The molecule has 198 valence electrons. The molecule has 0 spiro atoms. The summed E-state index contributed by atoms with van der Waals surface area (Å²) in [6.07, 6.45) is 1.81. The SMILES string of the molecule is CC[C@@H](C)N1C(=O)c2ccc(C(=O)Oc3ccc4c(=O)c(Oc5cc(C)c(Cl)c(C)c5)coc4c3)cc2C1=O. The molecular weight excluding hydrogens is 522 g/mol. The molecule has 1 aliphatic rings. The van der Waals surface area contributed by atoms with Crippen LogP contribution in [0, 0.1) is 13.8 Å². The number of rotatable bonds is 6. The normalized spacial score (nSPS) is 13.5. The molecule has 0 fully saturated rings. The topological polar surface area (TPSA) is 103 Å². The molecular formula is C30H24ClNO7. The van der Waals surface area contributed by atoms with E-state index in [1.807, 2.05) is 20.8 Å². The summed E-state index contributed by atoms with van der Waals surface area (Å²) in [4.78, 5) is 52.5. The van der Waals surface area contributed by atoms with Crippen LogP contribution in [0.4, 0.5) is 0 Å². The molecule has 2 amide bonds. The van der Waals surface area contributed by atoms with Crippen molar-refractivity contribution in [2.45, 2.75) is 40.2 Å². The van der Waals surface area contributed by atoms with Crippen molar-refractivity contribution in [2.75, 3.05) is 0 Å². The molecule has 39 heavy (non-hydrogen) atoms. The number of ether oxygens (including phenoxy) is 2. The minimum absolute atomic E-state index is 0.00263.